The molecular weight excluding hydrogens is 365 g/mol. The van der Waals surface area contributed by atoms with Gasteiger partial charge in [-0.15, -0.1) is 0 Å². The molecule has 0 fully saturated rings. The molecular formula is C20H27NO5P-. The molecule has 0 spiro atoms. The third-order valence-corrected chi connectivity index (χ3v) is 5.06. The highest BCUT2D eigenvalue weighted by atomic mass is 31.2. The fourth-order valence-corrected chi connectivity index (χ4v) is 3.52. The van der Waals surface area contributed by atoms with Crippen LogP contribution in [-0.4, -0.2) is 19.1 Å². The molecule has 2 aromatic rings. The molecule has 7 heteroatoms. The lowest BCUT2D eigenvalue weighted by Crippen LogP contribution is -2.27. The van der Waals surface area contributed by atoms with E-state index in [9.17, 15) is 14.3 Å². The van der Waals surface area contributed by atoms with Crippen molar-refractivity contribution in [1.82, 2.24) is 5.32 Å². The highest BCUT2D eigenvalue weighted by Crippen LogP contribution is 2.41. The van der Waals surface area contributed by atoms with E-state index in [1.54, 1.807) is 18.2 Å². The molecule has 0 saturated heterocycles. The van der Waals surface area contributed by atoms with E-state index in [4.69, 9.17) is 9.05 Å². The van der Waals surface area contributed by atoms with E-state index in [-0.39, 0.29) is 24.8 Å². The highest BCUT2D eigenvalue weighted by Gasteiger charge is 2.13. The Bertz CT molecular complexity index is 775. The Balaban J connectivity index is 1.72. The quantitative estimate of drug-likeness (QED) is 0.432. The number of carbonyl (C=O) groups excluding carboxylic acids is 1. The average molecular weight is 392 g/mol. The van der Waals surface area contributed by atoms with Crippen LogP contribution in [0.4, 0.5) is 0 Å². The van der Waals surface area contributed by atoms with Crippen molar-refractivity contribution >= 4 is 24.5 Å². The monoisotopic (exact) mass is 392 g/mol. The zero-order chi connectivity index (χ0) is 19.5. The third kappa shape index (κ3) is 7.71. The Kier molecular flexibility index (Phi) is 8.79. The molecule has 2 aromatic carbocycles. The molecule has 1 atom stereocenters. The van der Waals surface area contributed by atoms with Crippen LogP contribution < -0.4 is 14.7 Å². The molecule has 0 aromatic heterocycles. The number of amides is 1. The van der Waals surface area contributed by atoms with E-state index in [1.165, 1.54) is 12.8 Å². The number of hydrogen-bond acceptors (Lipinski definition) is 5. The Morgan fingerprint density at radius 3 is 2.63 bits per heavy atom. The minimum atomic E-state index is -4.51. The van der Waals surface area contributed by atoms with Gasteiger partial charge in [-0.05, 0) is 17.9 Å². The Hall–Kier alpha value is -1.88. The van der Waals surface area contributed by atoms with Gasteiger partial charge in [0.15, 0.2) is 0 Å². The summed E-state index contributed by atoms with van der Waals surface area (Å²) >= 11 is 0. The van der Waals surface area contributed by atoms with E-state index in [0.29, 0.717) is 11.8 Å². The van der Waals surface area contributed by atoms with E-state index < -0.39 is 7.82 Å². The fourth-order valence-electron chi connectivity index (χ4n) is 2.75. The van der Waals surface area contributed by atoms with Gasteiger partial charge in [0, 0.05) is 18.4 Å². The lowest BCUT2D eigenvalue weighted by molar-refractivity contribution is -0.216. The molecule has 6 nitrogen and oxygen atoms in total. The van der Waals surface area contributed by atoms with Crippen LogP contribution in [0.2, 0.25) is 0 Å². The summed E-state index contributed by atoms with van der Waals surface area (Å²) < 4.78 is 22.0. The van der Waals surface area contributed by atoms with Crippen molar-refractivity contribution < 1.29 is 23.3 Å². The lowest BCUT2D eigenvalue weighted by atomic mass is 10.1. The van der Waals surface area contributed by atoms with Crippen LogP contribution in [0.5, 0.6) is 5.75 Å². The molecule has 0 radical (unpaired) electrons. The number of benzene rings is 2. The smallest absolute Gasteiger partial charge is 0.319 e. The lowest BCUT2D eigenvalue weighted by Gasteiger charge is -2.24. The highest BCUT2D eigenvalue weighted by molar-refractivity contribution is 7.46. The molecule has 0 aliphatic carbocycles. The summed E-state index contributed by atoms with van der Waals surface area (Å²) in [5, 5.41) is 4.23. The van der Waals surface area contributed by atoms with Gasteiger partial charge < -0.3 is 19.3 Å². The second-order valence-corrected chi connectivity index (χ2v) is 7.70. The van der Waals surface area contributed by atoms with E-state index in [0.717, 1.165) is 24.6 Å². The van der Waals surface area contributed by atoms with Crippen molar-refractivity contribution in [3.05, 3.63) is 42.5 Å². The first-order valence-electron chi connectivity index (χ1n) is 9.41. The van der Waals surface area contributed by atoms with Crippen LogP contribution in [0.25, 0.3) is 10.8 Å². The Morgan fingerprint density at radius 2 is 1.81 bits per heavy atom. The number of nitrogens with one attached hydrogen (secondary N) is 1. The predicted octanol–water partition coefficient (Wildman–Crippen LogP) is 4.18. The number of phosphoric ester groups is 1. The van der Waals surface area contributed by atoms with E-state index >= 15 is 0 Å². The first kappa shape index (κ1) is 21.4. The second-order valence-electron chi connectivity index (χ2n) is 6.36. The number of hydrogen-bond donors (Lipinski definition) is 1. The van der Waals surface area contributed by atoms with Crippen molar-refractivity contribution in [2.45, 2.75) is 45.4 Å². The number of fused-ring (bicyclic) bond motifs is 1. The van der Waals surface area contributed by atoms with Crippen LogP contribution in [0.15, 0.2) is 42.5 Å². The van der Waals surface area contributed by atoms with Crippen molar-refractivity contribution in [1.29, 1.82) is 0 Å². The summed E-state index contributed by atoms with van der Waals surface area (Å²) in [6.45, 7) is 2.11. The number of rotatable bonds is 12. The minimum Gasteiger partial charge on any atom is -0.746 e. The maximum absolute atomic E-state index is 12.0. The van der Waals surface area contributed by atoms with Gasteiger partial charge in [-0.1, -0.05) is 69.0 Å². The molecule has 2 rings (SSSR count). The summed E-state index contributed by atoms with van der Waals surface area (Å²) in [5.41, 5.74) is 0. The Morgan fingerprint density at radius 1 is 1.07 bits per heavy atom. The maximum atomic E-state index is 12.0. The standard InChI is InChI=1S/C20H28NO5P/c1-2-3-4-5-6-14-20(22)21-15-16-25-27(23,24)26-19-13-9-11-17-10-7-8-12-18(17)19/h7-13H,2-6,14-16H2,1H3,(H,21,22)(H,23,24)/p-1. The normalized spacial score (nSPS) is 13.3. The third-order valence-electron chi connectivity index (χ3n) is 4.14. The molecule has 0 heterocycles. The molecule has 1 N–H and O–H groups in total. The summed E-state index contributed by atoms with van der Waals surface area (Å²) in [6.07, 6.45) is 5.82. The summed E-state index contributed by atoms with van der Waals surface area (Å²) in [7, 11) is -4.51. The summed E-state index contributed by atoms with van der Waals surface area (Å²) in [5.74, 6) is 0.133. The zero-order valence-electron chi connectivity index (χ0n) is 15.7. The fraction of sp³-hybridized carbons (Fsp3) is 0.450. The molecule has 27 heavy (non-hydrogen) atoms. The predicted molar refractivity (Wildman–Crippen MR) is 105 cm³/mol. The van der Waals surface area contributed by atoms with Crippen LogP contribution in [0, 0.1) is 0 Å². The van der Waals surface area contributed by atoms with Crippen molar-refractivity contribution in [3.8, 4) is 5.75 Å². The van der Waals surface area contributed by atoms with E-state index in [1.807, 2.05) is 24.3 Å². The van der Waals surface area contributed by atoms with Gasteiger partial charge >= 0.3 is 7.82 Å². The summed E-state index contributed by atoms with van der Waals surface area (Å²) in [4.78, 5) is 23.7. The van der Waals surface area contributed by atoms with Gasteiger partial charge in [-0.2, -0.15) is 0 Å². The van der Waals surface area contributed by atoms with Crippen LogP contribution in [0.1, 0.15) is 45.4 Å². The maximum Gasteiger partial charge on any atom is 0.319 e. The van der Waals surface area contributed by atoms with Gasteiger partial charge in [-0.3, -0.25) is 9.36 Å². The molecule has 0 bridgehead atoms. The van der Waals surface area contributed by atoms with Crippen LogP contribution in [0.3, 0.4) is 0 Å². The van der Waals surface area contributed by atoms with Gasteiger partial charge in [0.25, 0.3) is 0 Å². The van der Waals surface area contributed by atoms with Gasteiger partial charge in [0.2, 0.25) is 5.91 Å². The Labute approximate surface area is 160 Å². The van der Waals surface area contributed by atoms with Crippen molar-refractivity contribution in [2.75, 3.05) is 13.2 Å². The molecule has 0 saturated carbocycles. The van der Waals surface area contributed by atoms with Crippen LogP contribution in [-0.2, 0) is 13.9 Å². The SMILES string of the molecule is CCCCCCCC(=O)NCCOP(=O)([O-])Oc1cccc2ccccc12. The molecule has 0 aliphatic rings. The first-order chi connectivity index (χ1) is 13.0. The topological polar surface area (TPSA) is 87.7 Å². The van der Waals surface area contributed by atoms with Gasteiger partial charge in [0.1, 0.15) is 5.75 Å². The zero-order valence-corrected chi connectivity index (χ0v) is 16.6. The van der Waals surface area contributed by atoms with E-state index in [2.05, 4.69) is 12.2 Å². The van der Waals surface area contributed by atoms with Gasteiger partial charge in [0.05, 0.1) is 6.61 Å². The number of unbranched alkanes of at least 4 members (excludes halogenated alkanes) is 4. The first-order valence-corrected chi connectivity index (χ1v) is 10.9. The number of phosphoric acid groups is 1. The largest absolute Gasteiger partial charge is 0.746 e. The molecule has 1 amide bonds. The van der Waals surface area contributed by atoms with Crippen molar-refractivity contribution in [2.24, 2.45) is 0 Å². The minimum absolute atomic E-state index is 0.0919. The van der Waals surface area contributed by atoms with Crippen LogP contribution >= 0.6 is 7.82 Å². The summed E-state index contributed by atoms with van der Waals surface area (Å²) in [6, 6.07) is 12.5. The number of carbonyl (C=O) groups is 1. The van der Waals surface area contributed by atoms with Gasteiger partial charge in [-0.25, -0.2) is 0 Å². The second kappa shape index (κ2) is 11.1. The van der Waals surface area contributed by atoms with Crippen molar-refractivity contribution in [3.63, 3.8) is 0 Å². The average Bonchev–Trinajstić information content (AvgIpc) is 2.65. The molecule has 148 valence electrons. The molecule has 0 aliphatic heterocycles. The molecule has 1 unspecified atom stereocenters.